The third-order valence-corrected chi connectivity index (χ3v) is 16.2. The standard InChI is InChI=1S/C37H26NO.C21H22GeN.Ir/c1-25(26-11-4-2-5-12-26)28-21-22-38-35(23-28)34-18-10-17-33-32-20-19-29(24-36(32)39-37(33)34)31-16-9-8-15-30(31)27-13-6-3-7-14-27;1-16-14-21(23-15-20(16)22(2,3)4)19-12-10-18(11-13-19)17-8-6-5-7-9-17;/h2-17,19-25H,1H3;5-12,14-15H,1-4H3;/q2*-1;. The molecule has 10 rings (SSSR count). The Morgan fingerprint density at radius 1 is 0.556 bits per heavy atom. The molecule has 0 N–H and O–H groups in total. The van der Waals surface area contributed by atoms with Gasteiger partial charge in [0.25, 0.3) is 0 Å². The Bertz CT molecular complexity index is 3120. The van der Waals surface area contributed by atoms with E-state index in [4.69, 9.17) is 14.4 Å². The molecule has 0 fully saturated rings. The van der Waals surface area contributed by atoms with Gasteiger partial charge in [-0.15, -0.1) is 18.2 Å². The minimum atomic E-state index is -1.83. The van der Waals surface area contributed by atoms with Gasteiger partial charge in [-0.2, -0.15) is 0 Å². The normalized spacial score (nSPS) is 11.7. The largest absolute Gasteiger partial charge is 0 e. The van der Waals surface area contributed by atoms with E-state index in [0.29, 0.717) is 0 Å². The smallest absolute Gasteiger partial charge is 0 e. The molecule has 10 aromatic rings. The molecule has 0 aliphatic heterocycles. The summed E-state index contributed by atoms with van der Waals surface area (Å²) in [5.41, 5.74) is 16.5. The summed E-state index contributed by atoms with van der Waals surface area (Å²) in [6.45, 7) is 4.43. The fourth-order valence-electron chi connectivity index (χ4n) is 8.37. The average molecular weight is 1050 g/mol. The maximum atomic E-state index is 6.56. The summed E-state index contributed by atoms with van der Waals surface area (Å²) in [6, 6.07) is 70.2. The number of nitrogens with zero attached hydrogens (tertiary/aromatic N) is 2. The molecule has 0 spiro atoms. The van der Waals surface area contributed by atoms with Crippen molar-refractivity contribution in [3.05, 3.63) is 223 Å². The molecular formula is C58H48GeIrN2O-2. The Kier molecular flexibility index (Phi) is 13.2. The van der Waals surface area contributed by atoms with Crippen LogP contribution in [0.25, 0.3) is 77.8 Å². The number of fused-ring (bicyclic) bond motifs is 3. The molecule has 3 aromatic heterocycles. The summed E-state index contributed by atoms with van der Waals surface area (Å²) in [5.74, 6) is 7.48. The van der Waals surface area contributed by atoms with Gasteiger partial charge in [0.05, 0.1) is 5.58 Å². The summed E-state index contributed by atoms with van der Waals surface area (Å²) in [7, 11) is 0. The van der Waals surface area contributed by atoms with E-state index in [1.165, 1.54) is 48.9 Å². The average Bonchev–Trinajstić information content (AvgIpc) is 3.70. The topological polar surface area (TPSA) is 38.9 Å². The quantitative estimate of drug-likeness (QED) is 0.112. The van der Waals surface area contributed by atoms with Crippen molar-refractivity contribution in [1.82, 2.24) is 9.97 Å². The second kappa shape index (κ2) is 19.1. The molecule has 0 saturated carbocycles. The zero-order valence-electron chi connectivity index (χ0n) is 36.2. The van der Waals surface area contributed by atoms with Crippen molar-refractivity contribution in [1.29, 1.82) is 0 Å². The molecule has 3 heterocycles. The van der Waals surface area contributed by atoms with Crippen molar-refractivity contribution in [2.45, 2.75) is 37.0 Å². The Hall–Kier alpha value is -6.17. The number of aromatic nitrogens is 2. The van der Waals surface area contributed by atoms with Crippen molar-refractivity contribution < 1.29 is 24.5 Å². The van der Waals surface area contributed by atoms with Crippen LogP contribution in [0.1, 0.15) is 29.5 Å². The first kappa shape index (κ1) is 43.5. The predicted octanol–water partition coefficient (Wildman–Crippen LogP) is 15.0. The van der Waals surface area contributed by atoms with Crippen molar-refractivity contribution in [2.24, 2.45) is 0 Å². The van der Waals surface area contributed by atoms with Gasteiger partial charge >= 0.3 is 142 Å². The van der Waals surface area contributed by atoms with Gasteiger partial charge in [0, 0.05) is 37.6 Å². The molecule has 5 heteroatoms. The van der Waals surface area contributed by atoms with E-state index in [0.717, 1.165) is 50.0 Å². The van der Waals surface area contributed by atoms with Gasteiger partial charge in [0.1, 0.15) is 5.58 Å². The van der Waals surface area contributed by atoms with Crippen LogP contribution in [-0.2, 0) is 20.1 Å². The van der Waals surface area contributed by atoms with Crippen LogP contribution in [-0.4, -0.2) is 23.2 Å². The second-order valence-electron chi connectivity index (χ2n) is 16.9. The summed E-state index contributed by atoms with van der Waals surface area (Å²) >= 11 is -1.83. The number of benzene rings is 7. The van der Waals surface area contributed by atoms with Gasteiger partial charge in [0.2, 0.25) is 0 Å². The van der Waals surface area contributed by atoms with Crippen molar-refractivity contribution in [2.75, 3.05) is 0 Å². The van der Waals surface area contributed by atoms with Crippen LogP contribution in [0.3, 0.4) is 0 Å². The predicted molar refractivity (Wildman–Crippen MR) is 262 cm³/mol. The fraction of sp³-hybridized carbons (Fsp3) is 0.103. The maximum absolute atomic E-state index is 6.56. The molecule has 311 valence electrons. The SMILES string of the molecule is CC(c1ccccc1)c1ccnc(-c2[c-]ccc3c2oc2cc(-c4ccccc4-c4ccccc4)ccc23)c1.Cc1cc(-c2[c-]cc(-c3ccccc3)cc2)nc[c]1[Ge]([CH3])([CH3])[CH3].[Ir]. The number of hydrogen-bond acceptors (Lipinski definition) is 3. The van der Waals surface area contributed by atoms with Gasteiger partial charge in [-0.3, -0.25) is 0 Å². The molecule has 1 radical (unpaired) electrons. The maximum Gasteiger partial charge on any atom is 0 e. The summed E-state index contributed by atoms with van der Waals surface area (Å²) in [4.78, 5) is 9.42. The zero-order valence-corrected chi connectivity index (χ0v) is 40.7. The van der Waals surface area contributed by atoms with Crippen LogP contribution >= 0.6 is 0 Å². The Morgan fingerprint density at radius 2 is 1.21 bits per heavy atom. The summed E-state index contributed by atoms with van der Waals surface area (Å²) < 4.78 is 8.04. The molecule has 1 atom stereocenters. The summed E-state index contributed by atoms with van der Waals surface area (Å²) in [5, 5.41) is 2.17. The van der Waals surface area contributed by atoms with E-state index < -0.39 is 13.3 Å². The molecule has 0 saturated heterocycles. The van der Waals surface area contributed by atoms with Crippen LogP contribution in [0.2, 0.25) is 17.3 Å². The zero-order chi connectivity index (χ0) is 42.6. The monoisotopic (exact) mass is 1060 g/mol. The van der Waals surface area contributed by atoms with Crippen LogP contribution in [0.15, 0.2) is 199 Å². The molecular weight excluding hydrogens is 1010 g/mol. The van der Waals surface area contributed by atoms with E-state index in [2.05, 4.69) is 213 Å². The third kappa shape index (κ3) is 9.45. The summed E-state index contributed by atoms with van der Waals surface area (Å²) in [6.07, 6.45) is 3.97. The van der Waals surface area contributed by atoms with Crippen LogP contribution in [0.5, 0.6) is 0 Å². The van der Waals surface area contributed by atoms with Crippen molar-refractivity contribution in [3.8, 4) is 55.9 Å². The van der Waals surface area contributed by atoms with Crippen molar-refractivity contribution in [3.63, 3.8) is 0 Å². The van der Waals surface area contributed by atoms with E-state index in [9.17, 15) is 0 Å². The first-order chi connectivity index (χ1) is 30.2. The minimum absolute atomic E-state index is 0. The first-order valence-corrected chi connectivity index (χ1v) is 28.6. The third-order valence-electron chi connectivity index (χ3n) is 11.7. The number of pyridine rings is 2. The fourth-order valence-corrected chi connectivity index (χ4v) is 12.0. The van der Waals surface area contributed by atoms with Gasteiger partial charge in [-0.25, -0.2) is 0 Å². The van der Waals surface area contributed by atoms with Crippen molar-refractivity contribution >= 4 is 39.6 Å². The van der Waals surface area contributed by atoms with Crippen LogP contribution < -0.4 is 4.40 Å². The second-order valence-corrected chi connectivity index (χ2v) is 27.5. The Labute approximate surface area is 387 Å². The van der Waals surface area contributed by atoms with E-state index in [1.54, 1.807) is 0 Å². The van der Waals surface area contributed by atoms with Gasteiger partial charge in [0.15, 0.2) is 0 Å². The van der Waals surface area contributed by atoms with Crippen LogP contribution in [0.4, 0.5) is 0 Å². The first-order valence-electron chi connectivity index (χ1n) is 21.3. The molecule has 0 aliphatic rings. The molecule has 0 aliphatic carbocycles. The van der Waals surface area contributed by atoms with Gasteiger partial charge < -0.3 is 9.40 Å². The number of furan rings is 1. The molecule has 3 nitrogen and oxygen atoms in total. The Balaban J connectivity index is 0.000000194. The van der Waals surface area contributed by atoms with E-state index >= 15 is 0 Å². The molecule has 0 bridgehead atoms. The molecule has 63 heavy (non-hydrogen) atoms. The van der Waals surface area contributed by atoms with Gasteiger partial charge in [-0.05, 0) is 51.2 Å². The molecule has 1 unspecified atom stereocenters. The Morgan fingerprint density at radius 3 is 1.87 bits per heavy atom. The van der Waals surface area contributed by atoms with Crippen LogP contribution in [0, 0.1) is 19.1 Å². The van der Waals surface area contributed by atoms with E-state index in [1.807, 2.05) is 24.4 Å². The van der Waals surface area contributed by atoms with E-state index in [-0.39, 0.29) is 26.0 Å². The minimum Gasteiger partial charge on any atom is 0 e. The molecule has 0 amide bonds. The van der Waals surface area contributed by atoms with Gasteiger partial charge in [-0.1, -0.05) is 121 Å². The number of hydrogen-bond donors (Lipinski definition) is 0. The number of aryl methyl sites for hydroxylation is 1. The number of rotatable bonds is 8. The molecule has 7 aromatic carbocycles.